The van der Waals surface area contributed by atoms with E-state index >= 15 is 0 Å². The summed E-state index contributed by atoms with van der Waals surface area (Å²) in [7, 11) is 0. The molecule has 0 aromatic heterocycles. The van der Waals surface area contributed by atoms with E-state index < -0.39 is 0 Å². The number of aliphatic imine (C=N–C) groups is 1. The monoisotopic (exact) mass is 388 g/mol. The lowest BCUT2D eigenvalue weighted by atomic mass is 10.0. The molecule has 1 aromatic carbocycles. The second kappa shape index (κ2) is 6.31. The van der Waals surface area contributed by atoms with Crippen LogP contribution in [0.25, 0.3) is 0 Å². The number of rotatable bonds is 1. The molecular formula is C15H21IN2S. The first-order chi connectivity index (χ1) is 8.43. The molecule has 0 amide bonds. The number of amidine groups is 1. The van der Waals surface area contributed by atoms with Gasteiger partial charge in [-0.2, -0.15) is 0 Å². The van der Waals surface area contributed by atoms with Gasteiger partial charge in [0.2, 0.25) is 0 Å². The Morgan fingerprint density at radius 3 is 2.21 bits per heavy atom. The summed E-state index contributed by atoms with van der Waals surface area (Å²) in [4.78, 5) is 7.01. The average molecular weight is 388 g/mol. The Hall–Kier alpha value is -0.490. The van der Waals surface area contributed by atoms with Gasteiger partial charge in [-0.25, -0.2) is 0 Å². The number of aryl methyl sites for hydroxylation is 1. The van der Waals surface area contributed by atoms with E-state index in [1.807, 2.05) is 0 Å². The van der Waals surface area contributed by atoms with E-state index in [9.17, 15) is 0 Å². The van der Waals surface area contributed by atoms with Gasteiger partial charge < -0.3 is 0 Å². The second-order valence-electron chi connectivity index (χ2n) is 5.21. The van der Waals surface area contributed by atoms with Crippen LogP contribution in [0.4, 0.5) is 5.69 Å². The van der Waals surface area contributed by atoms with Gasteiger partial charge in [0.25, 0.3) is 0 Å². The summed E-state index contributed by atoms with van der Waals surface area (Å²) in [5.74, 6) is 0. The SMILES string of the molecule is CSC1=NC(C)(C)C=C(C)N1c1ccc(C)cc1.I. The molecule has 0 bridgehead atoms. The minimum atomic E-state index is -0.108. The molecule has 1 aromatic rings. The molecule has 2 rings (SSSR count). The van der Waals surface area contributed by atoms with Gasteiger partial charge in [-0.1, -0.05) is 29.5 Å². The van der Waals surface area contributed by atoms with Crippen LogP contribution in [0.2, 0.25) is 0 Å². The second-order valence-corrected chi connectivity index (χ2v) is 5.98. The Bertz CT molecular complexity index is 503. The molecule has 0 spiro atoms. The zero-order chi connectivity index (χ0) is 13.3. The molecule has 1 aliphatic rings. The summed E-state index contributed by atoms with van der Waals surface area (Å²) >= 11 is 1.69. The van der Waals surface area contributed by atoms with Crippen LogP contribution in [0, 0.1) is 6.92 Å². The largest absolute Gasteiger partial charge is 0.294 e. The molecule has 0 atom stereocenters. The smallest absolute Gasteiger partial charge is 0.168 e. The van der Waals surface area contributed by atoms with Crippen molar-refractivity contribution in [2.45, 2.75) is 33.2 Å². The zero-order valence-corrected chi connectivity index (χ0v) is 15.2. The first-order valence-corrected chi connectivity index (χ1v) is 7.35. The van der Waals surface area contributed by atoms with Gasteiger partial charge >= 0.3 is 0 Å². The lowest BCUT2D eigenvalue weighted by molar-refractivity contribution is 0.642. The van der Waals surface area contributed by atoms with Gasteiger partial charge in [0.15, 0.2) is 5.17 Å². The minimum Gasteiger partial charge on any atom is -0.294 e. The van der Waals surface area contributed by atoms with Crippen molar-refractivity contribution in [2.24, 2.45) is 4.99 Å². The highest BCUT2D eigenvalue weighted by Gasteiger charge is 2.26. The Labute approximate surface area is 137 Å². The molecule has 0 aliphatic carbocycles. The Morgan fingerprint density at radius 1 is 1.11 bits per heavy atom. The minimum absolute atomic E-state index is 0. The van der Waals surface area contributed by atoms with Gasteiger partial charge in [0.1, 0.15) is 0 Å². The van der Waals surface area contributed by atoms with Crippen molar-refractivity contribution < 1.29 is 0 Å². The molecule has 0 saturated carbocycles. The molecule has 0 fully saturated rings. The van der Waals surface area contributed by atoms with Crippen molar-refractivity contribution in [1.29, 1.82) is 0 Å². The first kappa shape index (κ1) is 16.6. The molecule has 2 nitrogen and oxygen atoms in total. The van der Waals surface area contributed by atoms with Crippen LogP contribution in [-0.2, 0) is 0 Å². The molecule has 0 N–H and O–H groups in total. The van der Waals surface area contributed by atoms with Crippen molar-refractivity contribution in [3.05, 3.63) is 41.6 Å². The van der Waals surface area contributed by atoms with Crippen LogP contribution >= 0.6 is 35.7 Å². The maximum Gasteiger partial charge on any atom is 0.168 e. The number of anilines is 1. The standard InChI is InChI=1S/C15H20N2S.HI/c1-11-6-8-13(9-7-11)17-12(2)10-15(3,4)16-14(17)18-5;/h6-10H,1-5H3;1H. The number of halogens is 1. The lowest BCUT2D eigenvalue weighted by Crippen LogP contribution is -2.35. The topological polar surface area (TPSA) is 15.6 Å². The average Bonchev–Trinajstić information content (AvgIpc) is 2.29. The highest BCUT2D eigenvalue weighted by atomic mass is 127. The Morgan fingerprint density at radius 2 is 1.68 bits per heavy atom. The zero-order valence-electron chi connectivity index (χ0n) is 12.1. The Balaban J connectivity index is 0.00000180. The molecule has 1 heterocycles. The number of nitrogens with zero attached hydrogens (tertiary/aromatic N) is 2. The molecule has 4 heteroatoms. The number of thioether (sulfide) groups is 1. The number of allylic oxidation sites excluding steroid dienone is 1. The van der Waals surface area contributed by atoms with E-state index in [2.05, 4.69) is 69.2 Å². The highest BCUT2D eigenvalue weighted by Crippen LogP contribution is 2.31. The van der Waals surface area contributed by atoms with Crippen LogP contribution in [0.5, 0.6) is 0 Å². The molecule has 19 heavy (non-hydrogen) atoms. The molecular weight excluding hydrogens is 367 g/mol. The van der Waals surface area contributed by atoms with Crippen molar-refractivity contribution in [1.82, 2.24) is 0 Å². The molecule has 104 valence electrons. The van der Waals surface area contributed by atoms with E-state index in [-0.39, 0.29) is 29.5 Å². The maximum absolute atomic E-state index is 4.79. The highest BCUT2D eigenvalue weighted by molar-refractivity contribution is 14.0. The Kier molecular flexibility index (Phi) is 5.50. The van der Waals surface area contributed by atoms with Crippen molar-refractivity contribution in [3.8, 4) is 0 Å². The van der Waals surface area contributed by atoms with Gasteiger partial charge in [0, 0.05) is 11.4 Å². The summed E-state index contributed by atoms with van der Waals surface area (Å²) < 4.78 is 0. The molecule has 0 unspecified atom stereocenters. The van der Waals surface area contributed by atoms with Crippen LogP contribution < -0.4 is 4.90 Å². The molecule has 1 aliphatic heterocycles. The van der Waals surface area contributed by atoms with Gasteiger partial charge in [-0.05, 0) is 52.2 Å². The fourth-order valence-electron chi connectivity index (χ4n) is 2.20. The van der Waals surface area contributed by atoms with Crippen LogP contribution in [-0.4, -0.2) is 17.0 Å². The summed E-state index contributed by atoms with van der Waals surface area (Å²) in [6.45, 7) is 8.53. The fraction of sp³-hybridized carbons (Fsp3) is 0.400. The van der Waals surface area contributed by atoms with Crippen molar-refractivity contribution in [3.63, 3.8) is 0 Å². The third kappa shape index (κ3) is 3.75. The quantitative estimate of drug-likeness (QED) is 0.641. The summed E-state index contributed by atoms with van der Waals surface area (Å²) in [5.41, 5.74) is 3.59. The summed E-state index contributed by atoms with van der Waals surface area (Å²) in [6, 6.07) is 8.58. The van der Waals surface area contributed by atoms with E-state index in [1.54, 1.807) is 11.8 Å². The fourth-order valence-corrected chi connectivity index (χ4v) is 2.96. The first-order valence-electron chi connectivity index (χ1n) is 6.13. The number of hydrogen-bond acceptors (Lipinski definition) is 3. The van der Waals surface area contributed by atoms with E-state index in [0.717, 1.165) is 5.17 Å². The normalized spacial score (nSPS) is 17.4. The van der Waals surface area contributed by atoms with Gasteiger partial charge in [-0.3, -0.25) is 9.89 Å². The number of hydrogen-bond donors (Lipinski definition) is 0. The van der Waals surface area contributed by atoms with Crippen LogP contribution in [0.3, 0.4) is 0 Å². The van der Waals surface area contributed by atoms with Crippen LogP contribution in [0.1, 0.15) is 26.3 Å². The predicted molar refractivity (Wildman–Crippen MR) is 97.9 cm³/mol. The van der Waals surface area contributed by atoms with Crippen molar-refractivity contribution >= 4 is 46.6 Å². The molecule has 0 saturated heterocycles. The van der Waals surface area contributed by atoms with E-state index in [1.165, 1.54) is 16.9 Å². The van der Waals surface area contributed by atoms with E-state index in [0.29, 0.717) is 0 Å². The van der Waals surface area contributed by atoms with Gasteiger partial charge in [0.05, 0.1) is 5.54 Å². The molecule has 0 radical (unpaired) electrons. The summed E-state index contributed by atoms with van der Waals surface area (Å²) in [5, 5.41) is 1.06. The lowest BCUT2D eigenvalue weighted by Gasteiger charge is -2.34. The number of benzene rings is 1. The third-order valence-corrected chi connectivity index (χ3v) is 3.60. The predicted octanol–water partition coefficient (Wildman–Crippen LogP) is 4.83. The maximum atomic E-state index is 4.79. The van der Waals surface area contributed by atoms with Crippen LogP contribution in [0.15, 0.2) is 41.0 Å². The van der Waals surface area contributed by atoms with E-state index in [4.69, 9.17) is 4.99 Å². The summed E-state index contributed by atoms with van der Waals surface area (Å²) in [6.07, 6.45) is 4.29. The third-order valence-electron chi connectivity index (χ3n) is 2.96. The van der Waals surface area contributed by atoms with Gasteiger partial charge in [-0.15, -0.1) is 24.0 Å². The van der Waals surface area contributed by atoms with Crippen molar-refractivity contribution in [2.75, 3.05) is 11.2 Å².